The number of hydrogen-bond donors (Lipinski definition) is 3. The first-order valence-corrected chi connectivity index (χ1v) is 10.6. The second-order valence-corrected chi connectivity index (χ2v) is 7.84. The molecule has 8 heteroatoms. The van der Waals surface area contributed by atoms with Crippen molar-refractivity contribution in [2.45, 2.75) is 25.6 Å². The van der Waals surface area contributed by atoms with Crippen LogP contribution >= 0.6 is 0 Å². The van der Waals surface area contributed by atoms with Crippen LogP contribution in [0, 0.1) is 13.8 Å². The zero-order chi connectivity index (χ0) is 21.7. The van der Waals surface area contributed by atoms with Gasteiger partial charge in [0, 0.05) is 23.5 Å². The maximum absolute atomic E-state index is 13.1. The Hall–Kier alpha value is -2.94. The Balaban J connectivity index is 1.99. The van der Waals surface area contributed by atoms with Crippen molar-refractivity contribution in [3.8, 4) is 11.1 Å². The van der Waals surface area contributed by atoms with Crippen molar-refractivity contribution in [2.24, 2.45) is 0 Å². The van der Waals surface area contributed by atoms with Gasteiger partial charge in [0.25, 0.3) is 5.91 Å². The van der Waals surface area contributed by atoms with Crippen LogP contribution in [0.2, 0.25) is 0 Å². The molecule has 3 N–H and O–H groups in total. The third-order valence-electron chi connectivity index (χ3n) is 4.84. The van der Waals surface area contributed by atoms with E-state index in [2.05, 4.69) is 15.3 Å². The minimum Gasteiger partial charge on any atom is -0.394 e. The third kappa shape index (κ3) is 5.15. The standard InChI is InChI=1S/C22H23N3O4S/c1-14-18(13-30(28)29)8-17(16-6-4-3-5-7-16)9-20(14)22(27)25-21(12-26)19-10-23-15(2)24-11-19/h3-11,21,26H,12-13H2,1-2H3,(H,25,27)(H,28,29)/t21-/m1/s1. The molecule has 1 amide bonds. The summed E-state index contributed by atoms with van der Waals surface area (Å²) >= 11 is -2.05. The molecule has 0 aliphatic rings. The summed E-state index contributed by atoms with van der Waals surface area (Å²) in [5.74, 6) is 0.117. The van der Waals surface area contributed by atoms with E-state index in [1.807, 2.05) is 36.4 Å². The molecule has 0 spiro atoms. The van der Waals surface area contributed by atoms with Gasteiger partial charge in [-0.05, 0) is 48.2 Å². The summed E-state index contributed by atoms with van der Waals surface area (Å²) in [6.45, 7) is 3.18. The highest BCUT2D eigenvalue weighted by Crippen LogP contribution is 2.27. The monoisotopic (exact) mass is 425 g/mol. The quantitative estimate of drug-likeness (QED) is 0.502. The van der Waals surface area contributed by atoms with Crippen molar-refractivity contribution in [1.82, 2.24) is 15.3 Å². The number of benzene rings is 2. The van der Waals surface area contributed by atoms with E-state index in [-0.39, 0.29) is 12.4 Å². The predicted octanol–water partition coefficient (Wildman–Crippen LogP) is 2.95. The minimum absolute atomic E-state index is 0.0813. The molecule has 7 nitrogen and oxygen atoms in total. The number of aromatic nitrogens is 2. The molecule has 2 atom stereocenters. The zero-order valence-corrected chi connectivity index (χ0v) is 17.5. The molecule has 2 aromatic carbocycles. The van der Waals surface area contributed by atoms with Crippen LogP contribution in [0.5, 0.6) is 0 Å². The summed E-state index contributed by atoms with van der Waals surface area (Å²) in [6, 6.07) is 12.4. The fourth-order valence-electron chi connectivity index (χ4n) is 3.14. The fraction of sp³-hybridized carbons (Fsp3) is 0.227. The summed E-state index contributed by atoms with van der Waals surface area (Å²) in [6.07, 6.45) is 3.13. The van der Waals surface area contributed by atoms with Gasteiger partial charge in [0.15, 0.2) is 11.1 Å². The van der Waals surface area contributed by atoms with Gasteiger partial charge in [0.1, 0.15) is 5.82 Å². The number of aliphatic hydroxyl groups excluding tert-OH is 1. The Labute approximate surface area is 177 Å². The van der Waals surface area contributed by atoms with Crippen LogP contribution in [0.1, 0.15) is 38.9 Å². The number of nitrogens with zero attached hydrogens (tertiary/aromatic N) is 2. The average Bonchev–Trinajstić information content (AvgIpc) is 2.74. The van der Waals surface area contributed by atoms with E-state index in [0.29, 0.717) is 28.1 Å². The van der Waals surface area contributed by atoms with Crippen molar-refractivity contribution in [2.75, 3.05) is 6.61 Å². The van der Waals surface area contributed by atoms with E-state index < -0.39 is 23.0 Å². The minimum atomic E-state index is -2.05. The molecule has 3 aromatic rings. The maximum Gasteiger partial charge on any atom is 0.252 e. The Morgan fingerprint density at radius 1 is 1.10 bits per heavy atom. The number of rotatable bonds is 7. The largest absolute Gasteiger partial charge is 0.394 e. The number of aryl methyl sites for hydroxylation is 1. The lowest BCUT2D eigenvalue weighted by Crippen LogP contribution is -2.31. The van der Waals surface area contributed by atoms with E-state index in [9.17, 15) is 18.7 Å². The molecule has 0 saturated carbocycles. The number of amides is 1. The Kier molecular flexibility index (Phi) is 7.04. The van der Waals surface area contributed by atoms with E-state index in [1.54, 1.807) is 32.3 Å². The molecule has 3 rings (SSSR count). The molecular formula is C22H23N3O4S. The molecule has 1 aromatic heterocycles. The molecule has 0 radical (unpaired) electrons. The van der Waals surface area contributed by atoms with Crippen molar-refractivity contribution >= 4 is 17.0 Å². The van der Waals surface area contributed by atoms with Gasteiger partial charge in [0.2, 0.25) is 0 Å². The van der Waals surface area contributed by atoms with Gasteiger partial charge in [-0.1, -0.05) is 30.3 Å². The van der Waals surface area contributed by atoms with Crippen LogP contribution in [0.3, 0.4) is 0 Å². The molecular weight excluding hydrogens is 402 g/mol. The number of aliphatic hydroxyl groups is 1. The van der Waals surface area contributed by atoms with Gasteiger partial charge in [0.05, 0.1) is 18.4 Å². The highest BCUT2D eigenvalue weighted by molar-refractivity contribution is 7.78. The summed E-state index contributed by atoms with van der Waals surface area (Å²) in [7, 11) is 0. The van der Waals surface area contributed by atoms with Crippen molar-refractivity contribution in [3.05, 3.63) is 82.9 Å². The van der Waals surface area contributed by atoms with Crippen LogP contribution in [-0.2, 0) is 16.8 Å². The SMILES string of the molecule is Cc1ncc([C@@H](CO)NC(=O)c2cc(-c3ccccc3)cc(CS(=O)O)c2C)cn1. The van der Waals surface area contributed by atoms with Crippen LogP contribution in [-0.4, -0.2) is 36.4 Å². The lowest BCUT2D eigenvalue weighted by molar-refractivity contribution is 0.0915. The molecule has 156 valence electrons. The van der Waals surface area contributed by atoms with E-state index >= 15 is 0 Å². The van der Waals surface area contributed by atoms with Crippen LogP contribution in [0.15, 0.2) is 54.9 Å². The lowest BCUT2D eigenvalue weighted by atomic mass is 9.95. The van der Waals surface area contributed by atoms with E-state index in [0.717, 1.165) is 11.1 Å². The number of carbonyl (C=O) groups is 1. The molecule has 0 aliphatic carbocycles. The van der Waals surface area contributed by atoms with E-state index in [1.165, 1.54) is 0 Å². The van der Waals surface area contributed by atoms with Crippen molar-refractivity contribution < 1.29 is 18.7 Å². The molecule has 30 heavy (non-hydrogen) atoms. The van der Waals surface area contributed by atoms with Crippen LogP contribution < -0.4 is 5.32 Å². The molecule has 1 unspecified atom stereocenters. The van der Waals surface area contributed by atoms with Crippen LogP contribution in [0.4, 0.5) is 0 Å². The maximum atomic E-state index is 13.1. The first-order chi connectivity index (χ1) is 14.4. The normalized spacial score (nSPS) is 12.9. The molecule has 0 saturated heterocycles. The highest BCUT2D eigenvalue weighted by Gasteiger charge is 2.20. The lowest BCUT2D eigenvalue weighted by Gasteiger charge is -2.19. The van der Waals surface area contributed by atoms with Crippen molar-refractivity contribution in [1.29, 1.82) is 0 Å². The van der Waals surface area contributed by atoms with Gasteiger partial charge in [-0.3, -0.25) is 4.79 Å². The first-order valence-electron chi connectivity index (χ1n) is 9.35. The molecule has 0 fully saturated rings. The highest BCUT2D eigenvalue weighted by atomic mass is 32.2. The second-order valence-electron chi connectivity index (χ2n) is 6.91. The number of carbonyl (C=O) groups excluding carboxylic acids is 1. The summed E-state index contributed by atoms with van der Waals surface area (Å²) in [5.41, 5.74) is 3.86. The number of nitrogens with one attached hydrogen (secondary N) is 1. The topological polar surface area (TPSA) is 112 Å². The van der Waals surface area contributed by atoms with Crippen molar-refractivity contribution in [3.63, 3.8) is 0 Å². The first kappa shape index (κ1) is 21.8. The number of hydrogen-bond acceptors (Lipinski definition) is 5. The van der Waals surface area contributed by atoms with Gasteiger partial charge in [-0.2, -0.15) is 0 Å². The summed E-state index contributed by atoms with van der Waals surface area (Å²) < 4.78 is 20.9. The predicted molar refractivity (Wildman–Crippen MR) is 115 cm³/mol. The van der Waals surface area contributed by atoms with E-state index in [4.69, 9.17) is 0 Å². The Morgan fingerprint density at radius 2 is 1.77 bits per heavy atom. The van der Waals surface area contributed by atoms with Gasteiger partial charge >= 0.3 is 0 Å². The van der Waals surface area contributed by atoms with Gasteiger partial charge in [-0.15, -0.1) is 0 Å². The third-order valence-corrected chi connectivity index (χ3v) is 5.40. The zero-order valence-electron chi connectivity index (χ0n) is 16.7. The summed E-state index contributed by atoms with van der Waals surface area (Å²) in [5, 5.41) is 12.6. The van der Waals surface area contributed by atoms with Crippen LogP contribution in [0.25, 0.3) is 11.1 Å². The van der Waals surface area contributed by atoms with Gasteiger partial charge < -0.3 is 15.0 Å². The Morgan fingerprint density at radius 3 is 2.37 bits per heavy atom. The smallest absolute Gasteiger partial charge is 0.252 e. The molecule has 1 heterocycles. The summed E-state index contributed by atoms with van der Waals surface area (Å²) in [4.78, 5) is 21.3. The fourth-order valence-corrected chi connectivity index (χ4v) is 3.71. The van der Waals surface area contributed by atoms with Gasteiger partial charge in [-0.25, -0.2) is 14.2 Å². The average molecular weight is 426 g/mol. The Bertz CT molecular complexity index is 1060. The molecule has 0 bridgehead atoms. The second kappa shape index (κ2) is 9.71. The molecule has 0 aliphatic heterocycles.